The Labute approximate surface area is 234 Å². The van der Waals surface area contributed by atoms with Crippen molar-refractivity contribution in [2.45, 2.75) is 46.1 Å². The Balaban J connectivity index is 1.38. The molecule has 0 fully saturated rings. The van der Waals surface area contributed by atoms with Gasteiger partial charge < -0.3 is 15.8 Å². The maximum Gasteiger partial charge on any atom is 0.324 e. The predicted molar refractivity (Wildman–Crippen MR) is 161 cm³/mol. The molecule has 5 rings (SSSR count). The van der Waals surface area contributed by atoms with Gasteiger partial charge in [-0.1, -0.05) is 55.3 Å². The molecular weight excluding hydrogens is 500 g/mol. The van der Waals surface area contributed by atoms with Gasteiger partial charge in [0, 0.05) is 23.0 Å². The molecule has 5 aromatic rings. The molecule has 0 radical (unpaired) electrons. The summed E-state index contributed by atoms with van der Waals surface area (Å²) in [5.74, 6) is 1.77. The van der Waals surface area contributed by atoms with Crippen LogP contribution in [0.1, 0.15) is 49.6 Å². The summed E-state index contributed by atoms with van der Waals surface area (Å²) in [4.78, 5) is 17.3. The zero-order valence-electron chi connectivity index (χ0n) is 23.0. The van der Waals surface area contributed by atoms with Gasteiger partial charge >= 0.3 is 6.03 Å². The van der Waals surface area contributed by atoms with Crippen molar-refractivity contribution in [2.24, 2.45) is 0 Å². The maximum atomic E-state index is 13.3. The average molecular weight is 535 g/mol. The largest absolute Gasteiger partial charge is 0.485 e. The Morgan fingerprint density at radius 2 is 1.77 bits per heavy atom. The Morgan fingerprint density at radius 3 is 2.52 bits per heavy atom. The van der Waals surface area contributed by atoms with Gasteiger partial charge in [-0.15, -0.1) is 0 Å². The fraction of sp³-hybridized carbons (Fsp3) is 0.219. The van der Waals surface area contributed by atoms with Crippen LogP contribution < -0.4 is 21.1 Å². The molecule has 2 amide bonds. The molecular formula is C32H34N6O2. The highest BCUT2D eigenvalue weighted by Crippen LogP contribution is 2.34. The molecule has 0 saturated carbocycles. The summed E-state index contributed by atoms with van der Waals surface area (Å²) < 4.78 is 8.09. The van der Waals surface area contributed by atoms with Crippen molar-refractivity contribution in [3.05, 3.63) is 102 Å². The molecule has 0 bridgehead atoms. The lowest BCUT2D eigenvalue weighted by molar-refractivity contribution is 0.230. The van der Waals surface area contributed by atoms with Crippen LogP contribution in [0.25, 0.3) is 16.5 Å². The summed E-state index contributed by atoms with van der Waals surface area (Å²) in [5, 5.41) is 12.6. The van der Waals surface area contributed by atoms with Crippen LogP contribution in [-0.4, -0.2) is 20.8 Å². The van der Waals surface area contributed by atoms with Crippen molar-refractivity contribution in [3.63, 3.8) is 0 Å². The van der Waals surface area contributed by atoms with E-state index in [2.05, 4.69) is 22.5 Å². The van der Waals surface area contributed by atoms with Gasteiger partial charge in [0.05, 0.1) is 17.1 Å². The molecule has 0 aliphatic heterocycles. The molecule has 1 unspecified atom stereocenters. The second kappa shape index (κ2) is 11.9. The number of hydrogen-bond acceptors (Lipinski definition) is 5. The molecule has 0 spiro atoms. The molecule has 2 aromatic heterocycles. The predicted octanol–water partition coefficient (Wildman–Crippen LogP) is 7.44. The zero-order valence-corrected chi connectivity index (χ0v) is 23.0. The van der Waals surface area contributed by atoms with Crippen LogP contribution in [0.4, 0.5) is 22.1 Å². The molecule has 4 N–H and O–H groups in total. The number of ether oxygens (including phenoxy) is 1. The number of pyridine rings is 1. The average Bonchev–Trinajstić information content (AvgIpc) is 3.35. The molecule has 0 aliphatic rings. The van der Waals surface area contributed by atoms with Crippen LogP contribution in [0.5, 0.6) is 5.75 Å². The van der Waals surface area contributed by atoms with Gasteiger partial charge in [0.25, 0.3) is 0 Å². The SMILES string of the molecule is CCCCc1cc(NC(=O)Nc2ccc(OC(C)c3ccnc(N)c3)c3ccccc23)n(-c2ccc(C)cc2)n1. The number of benzene rings is 3. The number of carbonyl (C=O) groups is 1. The van der Waals surface area contributed by atoms with Gasteiger partial charge in [-0.2, -0.15) is 5.10 Å². The summed E-state index contributed by atoms with van der Waals surface area (Å²) in [6, 6.07) is 24.9. The first-order valence-electron chi connectivity index (χ1n) is 13.5. The van der Waals surface area contributed by atoms with Crippen molar-refractivity contribution in [1.82, 2.24) is 14.8 Å². The Morgan fingerprint density at radius 1 is 1.00 bits per heavy atom. The number of nitrogens with two attached hydrogens (primary N) is 1. The number of nitrogen functional groups attached to an aromatic ring is 1. The lowest BCUT2D eigenvalue weighted by atomic mass is 10.1. The number of carbonyl (C=O) groups excluding carboxylic acids is 1. The lowest BCUT2D eigenvalue weighted by Gasteiger charge is -2.18. The van der Waals surface area contributed by atoms with Crippen LogP contribution >= 0.6 is 0 Å². The summed E-state index contributed by atoms with van der Waals surface area (Å²) in [5.41, 5.74) is 10.5. The van der Waals surface area contributed by atoms with E-state index < -0.39 is 0 Å². The second-order valence-corrected chi connectivity index (χ2v) is 9.88. The highest BCUT2D eigenvalue weighted by molar-refractivity contribution is 6.07. The number of hydrogen-bond donors (Lipinski definition) is 3. The Kier molecular flexibility index (Phi) is 7.96. The van der Waals surface area contributed by atoms with E-state index in [1.807, 2.05) is 92.7 Å². The minimum atomic E-state index is -0.352. The van der Waals surface area contributed by atoms with Gasteiger partial charge in [-0.3, -0.25) is 5.32 Å². The second-order valence-electron chi connectivity index (χ2n) is 9.88. The van der Waals surface area contributed by atoms with Crippen LogP contribution in [-0.2, 0) is 6.42 Å². The van der Waals surface area contributed by atoms with Gasteiger partial charge in [-0.25, -0.2) is 14.5 Å². The van der Waals surface area contributed by atoms with E-state index in [-0.39, 0.29) is 12.1 Å². The topological polar surface area (TPSA) is 107 Å². The quantitative estimate of drug-likeness (QED) is 0.182. The van der Waals surface area contributed by atoms with E-state index in [1.165, 1.54) is 0 Å². The van der Waals surface area contributed by atoms with E-state index >= 15 is 0 Å². The lowest BCUT2D eigenvalue weighted by Crippen LogP contribution is -2.21. The minimum Gasteiger partial charge on any atom is -0.485 e. The van der Waals surface area contributed by atoms with Gasteiger partial charge in [-0.05, 0) is 68.7 Å². The van der Waals surface area contributed by atoms with E-state index in [0.717, 1.165) is 52.5 Å². The molecule has 40 heavy (non-hydrogen) atoms. The molecule has 8 nitrogen and oxygen atoms in total. The molecule has 8 heteroatoms. The number of aromatic nitrogens is 3. The molecule has 0 aliphatic carbocycles. The number of fused-ring (bicyclic) bond motifs is 1. The summed E-state index contributed by atoms with van der Waals surface area (Å²) >= 11 is 0. The zero-order chi connectivity index (χ0) is 28.1. The summed E-state index contributed by atoms with van der Waals surface area (Å²) in [6.07, 6.45) is 4.39. The number of unbranched alkanes of at least 4 members (excludes halogenated alkanes) is 1. The highest BCUT2D eigenvalue weighted by atomic mass is 16.5. The third kappa shape index (κ3) is 6.07. The van der Waals surface area contributed by atoms with Crippen molar-refractivity contribution < 1.29 is 9.53 Å². The fourth-order valence-electron chi connectivity index (χ4n) is 4.61. The van der Waals surface area contributed by atoms with E-state index in [1.54, 1.807) is 10.9 Å². The fourth-order valence-corrected chi connectivity index (χ4v) is 4.61. The number of amides is 2. The molecule has 1 atom stereocenters. The highest BCUT2D eigenvalue weighted by Gasteiger charge is 2.16. The van der Waals surface area contributed by atoms with Crippen molar-refractivity contribution in [2.75, 3.05) is 16.4 Å². The molecule has 0 saturated heterocycles. The van der Waals surface area contributed by atoms with Crippen LogP contribution in [0.15, 0.2) is 85.1 Å². The smallest absolute Gasteiger partial charge is 0.324 e. The van der Waals surface area contributed by atoms with E-state index in [4.69, 9.17) is 15.6 Å². The van der Waals surface area contributed by atoms with Gasteiger partial charge in [0.15, 0.2) is 0 Å². The summed E-state index contributed by atoms with van der Waals surface area (Å²) in [7, 11) is 0. The normalized spacial score (nSPS) is 11.8. The van der Waals surface area contributed by atoms with Crippen LogP contribution in [0.2, 0.25) is 0 Å². The Hall–Kier alpha value is -4.85. The number of nitrogens with zero attached hydrogens (tertiary/aromatic N) is 3. The minimum absolute atomic E-state index is 0.236. The third-order valence-corrected chi connectivity index (χ3v) is 6.78. The first-order chi connectivity index (χ1) is 19.4. The van der Waals surface area contributed by atoms with Gasteiger partial charge in [0.2, 0.25) is 0 Å². The van der Waals surface area contributed by atoms with E-state index in [0.29, 0.717) is 23.1 Å². The van der Waals surface area contributed by atoms with Gasteiger partial charge in [0.1, 0.15) is 23.5 Å². The number of urea groups is 1. The summed E-state index contributed by atoms with van der Waals surface area (Å²) in [6.45, 7) is 6.16. The number of aryl methyl sites for hydroxylation is 2. The van der Waals surface area contributed by atoms with Crippen molar-refractivity contribution in [3.8, 4) is 11.4 Å². The number of anilines is 3. The first-order valence-corrected chi connectivity index (χ1v) is 13.5. The van der Waals surface area contributed by atoms with Crippen LogP contribution in [0, 0.1) is 6.92 Å². The third-order valence-electron chi connectivity index (χ3n) is 6.78. The Bertz CT molecular complexity index is 1630. The number of nitrogens with one attached hydrogen (secondary N) is 2. The van der Waals surface area contributed by atoms with Crippen LogP contribution in [0.3, 0.4) is 0 Å². The molecule has 204 valence electrons. The standard InChI is InChI=1S/C32H34N6O2/c1-4-5-8-24-20-31(38(37-24)25-13-11-21(2)12-14-25)36-32(39)35-28-15-16-29(27-10-7-6-9-26(27)28)40-22(3)23-17-18-34-30(33)19-23/h6-7,9-20,22H,4-5,8H2,1-3H3,(H2,33,34)(H2,35,36,39). The molecule has 2 heterocycles. The maximum absolute atomic E-state index is 13.3. The van der Waals surface area contributed by atoms with Crippen molar-refractivity contribution >= 4 is 34.1 Å². The van der Waals surface area contributed by atoms with E-state index in [9.17, 15) is 4.79 Å². The van der Waals surface area contributed by atoms with Crippen molar-refractivity contribution in [1.29, 1.82) is 0 Å². The first kappa shape index (κ1) is 26.7. The number of rotatable bonds is 9. The molecule has 3 aromatic carbocycles. The monoisotopic (exact) mass is 534 g/mol.